The van der Waals surface area contributed by atoms with Gasteiger partial charge in [-0.3, -0.25) is 4.68 Å². The van der Waals surface area contributed by atoms with E-state index in [0.717, 1.165) is 29.9 Å². The molecule has 0 bridgehead atoms. The van der Waals surface area contributed by atoms with E-state index in [1.54, 1.807) is 0 Å². The highest BCUT2D eigenvalue weighted by Crippen LogP contribution is 2.27. The van der Waals surface area contributed by atoms with Crippen molar-refractivity contribution in [2.24, 2.45) is 0 Å². The Morgan fingerprint density at radius 3 is 2.65 bits per heavy atom. The van der Waals surface area contributed by atoms with Gasteiger partial charge in [0.05, 0.1) is 5.69 Å². The molecule has 1 aromatic carbocycles. The molecule has 0 unspecified atom stereocenters. The predicted octanol–water partition coefficient (Wildman–Crippen LogP) is 3.69. The summed E-state index contributed by atoms with van der Waals surface area (Å²) in [6.07, 6.45) is 1.93. The van der Waals surface area contributed by atoms with E-state index in [4.69, 9.17) is 0 Å². The van der Waals surface area contributed by atoms with Crippen LogP contribution in [0.1, 0.15) is 38.1 Å². The topological polar surface area (TPSA) is 29.9 Å². The number of nitrogens with one attached hydrogen (secondary N) is 1. The second-order valence-electron chi connectivity index (χ2n) is 5.30. The molecule has 0 aliphatic carbocycles. The van der Waals surface area contributed by atoms with Crippen molar-refractivity contribution in [1.82, 2.24) is 15.1 Å². The summed E-state index contributed by atoms with van der Waals surface area (Å²) >= 11 is 0. The molecular formula is C16H22FN3. The maximum absolute atomic E-state index is 14.1. The molecule has 108 valence electrons. The van der Waals surface area contributed by atoms with Crippen molar-refractivity contribution in [2.75, 3.05) is 6.54 Å². The van der Waals surface area contributed by atoms with Gasteiger partial charge >= 0.3 is 0 Å². The number of hydrogen-bond acceptors (Lipinski definition) is 2. The minimum absolute atomic E-state index is 0.198. The lowest BCUT2D eigenvalue weighted by atomic mass is 10.0. The average Bonchev–Trinajstić information content (AvgIpc) is 2.80. The van der Waals surface area contributed by atoms with Crippen LogP contribution in [0.4, 0.5) is 4.39 Å². The zero-order chi connectivity index (χ0) is 14.7. The monoisotopic (exact) mass is 275 g/mol. The van der Waals surface area contributed by atoms with Gasteiger partial charge in [-0.1, -0.05) is 13.0 Å². The molecule has 0 atom stereocenters. The van der Waals surface area contributed by atoms with Gasteiger partial charge in [0.2, 0.25) is 0 Å². The third-order valence-electron chi connectivity index (χ3n) is 3.35. The molecule has 3 nitrogen and oxygen atoms in total. The number of rotatable bonds is 5. The van der Waals surface area contributed by atoms with Crippen molar-refractivity contribution < 1.29 is 4.39 Å². The van der Waals surface area contributed by atoms with Crippen LogP contribution in [0.5, 0.6) is 0 Å². The molecule has 2 rings (SSSR count). The third kappa shape index (κ3) is 3.07. The standard InChI is InChI=1S/C16H22FN3/c1-5-18-9-13-6-7-16(17)14(8-13)15-10-20(11(2)3)19-12(15)4/h6-8,10-11,18H,5,9H2,1-4H3. The van der Waals surface area contributed by atoms with Crippen LogP contribution in [0.3, 0.4) is 0 Å². The summed E-state index contributed by atoms with van der Waals surface area (Å²) in [5.41, 5.74) is 3.44. The first-order chi connectivity index (χ1) is 9.52. The SMILES string of the molecule is CCNCc1ccc(F)c(-c2cn(C(C)C)nc2C)c1. The lowest BCUT2D eigenvalue weighted by Crippen LogP contribution is -2.11. The first-order valence-electron chi connectivity index (χ1n) is 7.08. The van der Waals surface area contributed by atoms with Gasteiger partial charge in [-0.15, -0.1) is 0 Å². The van der Waals surface area contributed by atoms with Gasteiger partial charge in [0.15, 0.2) is 0 Å². The van der Waals surface area contributed by atoms with Crippen molar-refractivity contribution in [3.05, 3.63) is 41.5 Å². The Balaban J connectivity index is 2.40. The van der Waals surface area contributed by atoms with E-state index in [2.05, 4.69) is 31.2 Å². The smallest absolute Gasteiger partial charge is 0.131 e. The highest BCUT2D eigenvalue weighted by atomic mass is 19.1. The largest absolute Gasteiger partial charge is 0.313 e. The molecule has 1 aromatic heterocycles. The average molecular weight is 275 g/mol. The minimum atomic E-state index is -0.198. The molecule has 0 radical (unpaired) electrons. The quantitative estimate of drug-likeness (QED) is 0.902. The van der Waals surface area contributed by atoms with E-state index in [1.807, 2.05) is 29.9 Å². The molecule has 0 saturated carbocycles. The summed E-state index contributed by atoms with van der Waals surface area (Å²) in [5, 5.41) is 7.71. The second-order valence-corrected chi connectivity index (χ2v) is 5.30. The van der Waals surface area contributed by atoms with E-state index in [0.29, 0.717) is 5.56 Å². The first-order valence-corrected chi connectivity index (χ1v) is 7.08. The molecule has 1 heterocycles. The highest BCUT2D eigenvalue weighted by molar-refractivity contribution is 5.66. The Morgan fingerprint density at radius 2 is 2.05 bits per heavy atom. The van der Waals surface area contributed by atoms with Crippen LogP contribution < -0.4 is 5.32 Å². The lowest BCUT2D eigenvalue weighted by Gasteiger charge is -2.07. The van der Waals surface area contributed by atoms with Gasteiger partial charge in [0.1, 0.15) is 5.82 Å². The van der Waals surface area contributed by atoms with Crippen LogP contribution in [0.15, 0.2) is 24.4 Å². The molecule has 0 aliphatic heterocycles. The molecule has 4 heteroatoms. The van der Waals surface area contributed by atoms with Gasteiger partial charge in [-0.25, -0.2) is 4.39 Å². The van der Waals surface area contributed by atoms with Gasteiger partial charge in [-0.2, -0.15) is 5.10 Å². The van der Waals surface area contributed by atoms with Crippen LogP contribution in [0.2, 0.25) is 0 Å². The Morgan fingerprint density at radius 1 is 1.30 bits per heavy atom. The molecular weight excluding hydrogens is 253 g/mol. The maximum Gasteiger partial charge on any atom is 0.131 e. The van der Waals surface area contributed by atoms with Crippen LogP contribution in [-0.4, -0.2) is 16.3 Å². The van der Waals surface area contributed by atoms with E-state index >= 15 is 0 Å². The fourth-order valence-corrected chi connectivity index (χ4v) is 2.17. The van der Waals surface area contributed by atoms with Crippen molar-refractivity contribution in [3.63, 3.8) is 0 Å². The van der Waals surface area contributed by atoms with Crippen molar-refractivity contribution in [3.8, 4) is 11.1 Å². The number of aromatic nitrogens is 2. The highest BCUT2D eigenvalue weighted by Gasteiger charge is 2.13. The maximum atomic E-state index is 14.1. The Labute approximate surface area is 119 Å². The Kier molecular flexibility index (Phi) is 4.55. The second kappa shape index (κ2) is 6.18. The Bertz CT molecular complexity index is 587. The first kappa shape index (κ1) is 14.7. The zero-order valence-corrected chi connectivity index (χ0v) is 12.6. The number of aryl methyl sites for hydroxylation is 1. The Hall–Kier alpha value is -1.68. The number of nitrogens with zero attached hydrogens (tertiary/aromatic N) is 2. The van der Waals surface area contributed by atoms with Crippen LogP contribution in [-0.2, 0) is 6.54 Å². The normalized spacial score (nSPS) is 11.3. The fraction of sp³-hybridized carbons (Fsp3) is 0.438. The van der Waals surface area contributed by atoms with E-state index in [1.165, 1.54) is 6.07 Å². The molecule has 20 heavy (non-hydrogen) atoms. The van der Waals surface area contributed by atoms with Gasteiger partial charge in [0, 0.05) is 29.9 Å². The summed E-state index contributed by atoms with van der Waals surface area (Å²) in [5.74, 6) is -0.198. The predicted molar refractivity (Wildman–Crippen MR) is 80.1 cm³/mol. The lowest BCUT2D eigenvalue weighted by molar-refractivity contribution is 0.529. The van der Waals surface area contributed by atoms with Crippen molar-refractivity contribution in [2.45, 2.75) is 40.3 Å². The summed E-state index contributed by atoms with van der Waals surface area (Å²) < 4.78 is 16.0. The summed E-state index contributed by atoms with van der Waals surface area (Å²) in [4.78, 5) is 0. The molecule has 1 N–H and O–H groups in total. The molecule has 0 saturated heterocycles. The fourth-order valence-electron chi connectivity index (χ4n) is 2.17. The number of halogens is 1. The van der Waals surface area contributed by atoms with Gasteiger partial charge in [0.25, 0.3) is 0 Å². The van der Waals surface area contributed by atoms with Crippen LogP contribution in [0.25, 0.3) is 11.1 Å². The van der Waals surface area contributed by atoms with Crippen LogP contribution >= 0.6 is 0 Å². The number of benzene rings is 1. The summed E-state index contributed by atoms with van der Waals surface area (Å²) in [6, 6.07) is 5.54. The molecule has 0 spiro atoms. The third-order valence-corrected chi connectivity index (χ3v) is 3.35. The summed E-state index contributed by atoms with van der Waals surface area (Å²) in [6.45, 7) is 9.76. The molecule has 0 amide bonds. The van der Waals surface area contributed by atoms with E-state index in [-0.39, 0.29) is 11.9 Å². The molecule has 2 aromatic rings. The van der Waals surface area contributed by atoms with Gasteiger partial charge < -0.3 is 5.32 Å². The van der Waals surface area contributed by atoms with E-state index in [9.17, 15) is 4.39 Å². The van der Waals surface area contributed by atoms with Crippen molar-refractivity contribution in [1.29, 1.82) is 0 Å². The molecule has 0 fully saturated rings. The number of hydrogen-bond donors (Lipinski definition) is 1. The van der Waals surface area contributed by atoms with Gasteiger partial charge in [-0.05, 0) is 45.0 Å². The molecule has 0 aliphatic rings. The van der Waals surface area contributed by atoms with E-state index < -0.39 is 0 Å². The minimum Gasteiger partial charge on any atom is -0.313 e. The zero-order valence-electron chi connectivity index (χ0n) is 12.6. The van der Waals surface area contributed by atoms with Crippen molar-refractivity contribution >= 4 is 0 Å². The summed E-state index contributed by atoms with van der Waals surface area (Å²) in [7, 11) is 0. The van der Waals surface area contributed by atoms with Crippen LogP contribution in [0, 0.1) is 12.7 Å².